The third-order valence-electron chi connectivity index (χ3n) is 5.00. The van der Waals surface area contributed by atoms with Gasteiger partial charge in [0.1, 0.15) is 17.2 Å². The van der Waals surface area contributed by atoms with Crippen LogP contribution in [0.4, 0.5) is 0 Å². The van der Waals surface area contributed by atoms with E-state index in [1.54, 1.807) is 11.8 Å². The van der Waals surface area contributed by atoms with Crippen LogP contribution in [-0.4, -0.2) is 36.6 Å². The molecule has 0 radical (unpaired) electrons. The van der Waals surface area contributed by atoms with Crippen LogP contribution in [0.3, 0.4) is 0 Å². The summed E-state index contributed by atoms with van der Waals surface area (Å²) in [5, 5.41) is 8.81. The van der Waals surface area contributed by atoms with Crippen molar-refractivity contribution in [2.24, 2.45) is 5.92 Å². The quantitative estimate of drug-likeness (QED) is 0.333. The molecule has 0 aromatic heterocycles. The largest absolute Gasteiger partial charge is 0.493 e. The molecule has 3 aromatic rings. The number of carboxylic acid groups (broad SMARTS) is 1. The van der Waals surface area contributed by atoms with Gasteiger partial charge in [-0.3, -0.25) is 0 Å². The van der Waals surface area contributed by atoms with Crippen LogP contribution in [0.1, 0.15) is 16.7 Å². The third-order valence-corrected chi connectivity index (χ3v) is 6.22. The first kappa shape index (κ1) is 24.5. The molecule has 1 N–H and O–H groups in total. The molecule has 0 aliphatic rings. The fourth-order valence-electron chi connectivity index (χ4n) is 3.07. The van der Waals surface area contributed by atoms with Crippen molar-refractivity contribution < 1.29 is 24.1 Å². The van der Waals surface area contributed by atoms with Crippen molar-refractivity contribution in [3.63, 3.8) is 0 Å². The van der Waals surface area contributed by atoms with Gasteiger partial charge in [-0.1, -0.05) is 35.4 Å². The monoisotopic (exact) mass is 466 g/mol. The average molecular weight is 467 g/mol. The Hall–Kier alpha value is -3.12. The van der Waals surface area contributed by atoms with E-state index >= 15 is 0 Å². The van der Waals surface area contributed by atoms with E-state index < -0.39 is 5.97 Å². The van der Waals surface area contributed by atoms with Gasteiger partial charge in [-0.2, -0.15) is 0 Å². The predicted molar refractivity (Wildman–Crippen MR) is 132 cm³/mol. The summed E-state index contributed by atoms with van der Waals surface area (Å²) in [6, 6.07) is 21.9. The topological polar surface area (TPSA) is 65.0 Å². The molecule has 33 heavy (non-hydrogen) atoms. The first-order valence-corrected chi connectivity index (χ1v) is 11.8. The number of carboxylic acids is 1. The maximum absolute atomic E-state index is 10.7. The second kappa shape index (κ2) is 12.2. The number of rotatable bonds is 12. The van der Waals surface area contributed by atoms with Crippen LogP contribution in [0.25, 0.3) is 0 Å². The number of thioether (sulfide) groups is 1. The van der Waals surface area contributed by atoms with Crippen LogP contribution in [0.2, 0.25) is 0 Å². The third kappa shape index (κ3) is 8.39. The fourth-order valence-corrected chi connectivity index (χ4v) is 4.11. The van der Waals surface area contributed by atoms with Gasteiger partial charge in [0, 0.05) is 16.6 Å². The highest BCUT2D eigenvalue weighted by Gasteiger charge is 2.14. The fraction of sp³-hybridized carbons (Fsp3) is 0.296. The summed E-state index contributed by atoms with van der Waals surface area (Å²) < 4.78 is 17.4. The molecule has 0 saturated carbocycles. The van der Waals surface area contributed by atoms with Crippen LogP contribution < -0.4 is 14.2 Å². The smallest absolute Gasteiger partial charge is 0.341 e. The predicted octanol–water partition coefficient (Wildman–Crippen LogP) is 5.94. The number of aliphatic carboxylic acids is 1. The Bertz CT molecular complexity index is 982. The molecule has 3 rings (SSSR count). The van der Waals surface area contributed by atoms with Gasteiger partial charge in [0.2, 0.25) is 0 Å². The second-order valence-corrected chi connectivity index (χ2v) is 9.13. The minimum absolute atomic E-state index is 0.167. The standard InChI is InChI=1S/C27H30O5S/c1-19-4-8-23(9-5-19)30-15-22(16-31-24-10-6-20(2)7-11-24)18-33-25-12-13-26(21(3)14-25)32-17-27(28)29/h4-14,22H,15-18H2,1-3H3,(H,28,29). The highest BCUT2D eigenvalue weighted by atomic mass is 32.2. The second-order valence-electron chi connectivity index (χ2n) is 8.03. The zero-order valence-electron chi connectivity index (χ0n) is 19.2. The molecule has 174 valence electrons. The molecule has 0 spiro atoms. The Balaban J connectivity index is 1.60. The van der Waals surface area contributed by atoms with Gasteiger partial charge in [0.25, 0.3) is 0 Å². The van der Waals surface area contributed by atoms with Gasteiger partial charge >= 0.3 is 5.97 Å². The van der Waals surface area contributed by atoms with Gasteiger partial charge in [-0.05, 0) is 68.8 Å². The van der Waals surface area contributed by atoms with E-state index in [-0.39, 0.29) is 12.5 Å². The van der Waals surface area contributed by atoms with Crippen molar-refractivity contribution in [1.82, 2.24) is 0 Å². The lowest BCUT2D eigenvalue weighted by Gasteiger charge is -2.19. The molecule has 0 unspecified atom stereocenters. The van der Waals surface area contributed by atoms with E-state index in [0.29, 0.717) is 19.0 Å². The zero-order valence-corrected chi connectivity index (χ0v) is 20.1. The van der Waals surface area contributed by atoms with E-state index in [1.165, 1.54) is 11.1 Å². The minimum atomic E-state index is -0.988. The summed E-state index contributed by atoms with van der Waals surface area (Å²) in [6.45, 7) is 6.76. The summed E-state index contributed by atoms with van der Waals surface area (Å²) in [4.78, 5) is 11.8. The van der Waals surface area contributed by atoms with Gasteiger partial charge in [0.15, 0.2) is 6.61 Å². The molecular weight excluding hydrogens is 436 g/mol. The molecule has 0 aliphatic heterocycles. The van der Waals surface area contributed by atoms with E-state index in [1.807, 2.05) is 73.7 Å². The van der Waals surface area contributed by atoms with Gasteiger partial charge in [-0.15, -0.1) is 11.8 Å². The van der Waals surface area contributed by atoms with Crippen LogP contribution >= 0.6 is 11.8 Å². The van der Waals surface area contributed by atoms with E-state index in [4.69, 9.17) is 19.3 Å². The van der Waals surface area contributed by atoms with E-state index in [0.717, 1.165) is 27.7 Å². The number of ether oxygens (including phenoxy) is 3. The molecule has 0 aliphatic carbocycles. The molecular formula is C27H30O5S. The van der Waals surface area contributed by atoms with Crippen LogP contribution in [0.5, 0.6) is 17.2 Å². The molecule has 0 amide bonds. The molecule has 5 nitrogen and oxygen atoms in total. The molecule has 6 heteroatoms. The minimum Gasteiger partial charge on any atom is -0.493 e. The van der Waals surface area contributed by atoms with Crippen LogP contribution in [0.15, 0.2) is 71.6 Å². The Morgan fingerprint density at radius 3 is 1.85 bits per heavy atom. The maximum Gasteiger partial charge on any atom is 0.341 e. The van der Waals surface area contributed by atoms with Crippen LogP contribution in [0, 0.1) is 26.7 Å². The summed E-state index contributed by atoms with van der Waals surface area (Å²) in [5.74, 6) is 2.28. The van der Waals surface area contributed by atoms with Crippen molar-refractivity contribution in [3.05, 3.63) is 83.4 Å². The maximum atomic E-state index is 10.7. The zero-order chi connectivity index (χ0) is 23.6. The summed E-state index contributed by atoms with van der Waals surface area (Å²) >= 11 is 1.72. The molecule has 0 fully saturated rings. The van der Waals surface area contributed by atoms with Crippen molar-refractivity contribution in [1.29, 1.82) is 0 Å². The molecule has 0 heterocycles. The van der Waals surface area contributed by atoms with Crippen LogP contribution in [-0.2, 0) is 4.79 Å². The van der Waals surface area contributed by atoms with E-state index in [9.17, 15) is 4.79 Å². The number of benzene rings is 3. The first-order valence-electron chi connectivity index (χ1n) is 10.9. The highest BCUT2D eigenvalue weighted by molar-refractivity contribution is 7.99. The summed E-state index contributed by atoms with van der Waals surface area (Å²) in [5.41, 5.74) is 3.30. The lowest BCUT2D eigenvalue weighted by molar-refractivity contribution is -0.139. The number of hydrogen-bond acceptors (Lipinski definition) is 5. The highest BCUT2D eigenvalue weighted by Crippen LogP contribution is 2.28. The first-order chi connectivity index (χ1) is 15.9. The van der Waals surface area contributed by atoms with E-state index in [2.05, 4.69) is 13.8 Å². The summed E-state index contributed by atoms with van der Waals surface area (Å²) in [7, 11) is 0. The molecule has 0 saturated heterocycles. The van der Waals surface area contributed by atoms with Crippen molar-refractivity contribution in [3.8, 4) is 17.2 Å². The number of hydrogen-bond donors (Lipinski definition) is 1. The molecule has 0 bridgehead atoms. The van der Waals surface area contributed by atoms with Gasteiger partial charge < -0.3 is 19.3 Å². The van der Waals surface area contributed by atoms with Gasteiger partial charge in [0.05, 0.1) is 13.2 Å². The molecule has 3 aromatic carbocycles. The molecule has 0 atom stereocenters. The Morgan fingerprint density at radius 1 is 0.818 bits per heavy atom. The lowest BCUT2D eigenvalue weighted by atomic mass is 10.2. The Morgan fingerprint density at radius 2 is 1.36 bits per heavy atom. The number of aryl methyl sites for hydroxylation is 3. The Kier molecular flexibility index (Phi) is 9.07. The Labute approximate surface area is 199 Å². The normalized spacial score (nSPS) is 10.8. The number of carbonyl (C=O) groups is 1. The summed E-state index contributed by atoms with van der Waals surface area (Å²) in [6.07, 6.45) is 0. The van der Waals surface area contributed by atoms with Crippen molar-refractivity contribution >= 4 is 17.7 Å². The van der Waals surface area contributed by atoms with Crippen molar-refractivity contribution in [2.75, 3.05) is 25.6 Å². The lowest BCUT2D eigenvalue weighted by Crippen LogP contribution is -2.22. The average Bonchev–Trinajstić information content (AvgIpc) is 2.80. The van der Waals surface area contributed by atoms with Crippen molar-refractivity contribution in [2.45, 2.75) is 25.7 Å². The SMILES string of the molecule is Cc1ccc(OCC(COc2ccc(C)cc2)CSc2ccc(OCC(=O)O)c(C)c2)cc1. The van der Waals surface area contributed by atoms with Gasteiger partial charge in [-0.25, -0.2) is 4.79 Å².